The molecule has 1 saturated heterocycles. The molecule has 0 spiro atoms. The minimum Gasteiger partial charge on any atom is -0.506 e. The average Bonchev–Trinajstić information content (AvgIpc) is 2.87. The van der Waals surface area contributed by atoms with Crippen LogP contribution >= 0.6 is 0 Å². The number of pyridine rings is 1. The summed E-state index contributed by atoms with van der Waals surface area (Å²) < 4.78 is 11.2. The quantitative estimate of drug-likeness (QED) is 0.283. The number of hydrogen-bond acceptors (Lipinski definition) is 8. The number of morpholine rings is 1. The number of phenolic OH excluding ortho intramolecular Hbond substituents is 1. The molecule has 34 heavy (non-hydrogen) atoms. The molecule has 1 aromatic heterocycles. The predicted octanol–water partition coefficient (Wildman–Crippen LogP) is 3.25. The third kappa shape index (κ3) is 6.37. The second-order valence-corrected chi connectivity index (χ2v) is 7.89. The topological polar surface area (TPSA) is 108 Å². The van der Waals surface area contributed by atoms with Crippen LogP contribution in [-0.4, -0.2) is 60.8 Å². The van der Waals surface area contributed by atoms with Crippen molar-refractivity contribution in [2.75, 3.05) is 50.7 Å². The number of hydrazine groups is 1. The molecule has 1 aliphatic rings. The number of phenols is 1. The number of nitrogens with zero attached hydrogens (tertiary/aromatic N) is 2. The molecule has 1 fully saturated rings. The SMILES string of the molecule is CNC(=O)c1cc(Oc2ccc(NNc3cccc(CCN4CCOCC4)c3)c(O)c2)ccn1. The fraction of sp³-hybridized carbons (Fsp3) is 0.280. The second kappa shape index (κ2) is 11.4. The van der Waals surface area contributed by atoms with Gasteiger partial charge in [0.25, 0.3) is 5.91 Å². The molecule has 9 nitrogen and oxygen atoms in total. The number of aromatic nitrogens is 1. The van der Waals surface area contributed by atoms with E-state index in [2.05, 4.69) is 38.2 Å². The summed E-state index contributed by atoms with van der Waals surface area (Å²) in [5, 5.41) is 13.0. The molecule has 0 saturated carbocycles. The molecule has 4 rings (SSSR count). The molecule has 2 heterocycles. The lowest BCUT2D eigenvalue weighted by atomic mass is 10.1. The minimum atomic E-state index is -0.302. The molecular formula is C25H29N5O4. The number of hydrogen-bond donors (Lipinski definition) is 4. The van der Waals surface area contributed by atoms with E-state index in [0.29, 0.717) is 17.2 Å². The number of rotatable bonds is 9. The van der Waals surface area contributed by atoms with Gasteiger partial charge in [-0.15, -0.1) is 0 Å². The van der Waals surface area contributed by atoms with Crippen LogP contribution in [-0.2, 0) is 11.2 Å². The highest BCUT2D eigenvalue weighted by Crippen LogP contribution is 2.31. The highest BCUT2D eigenvalue weighted by atomic mass is 16.5. The van der Waals surface area contributed by atoms with Crippen molar-refractivity contribution >= 4 is 17.3 Å². The van der Waals surface area contributed by atoms with Crippen LogP contribution in [0.2, 0.25) is 0 Å². The molecule has 0 unspecified atom stereocenters. The fourth-order valence-electron chi connectivity index (χ4n) is 3.60. The van der Waals surface area contributed by atoms with Gasteiger partial charge < -0.3 is 25.3 Å². The lowest BCUT2D eigenvalue weighted by Gasteiger charge is -2.26. The van der Waals surface area contributed by atoms with Crippen molar-refractivity contribution in [3.05, 3.63) is 72.1 Å². The van der Waals surface area contributed by atoms with Gasteiger partial charge >= 0.3 is 0 Å². The summed E-state index contributed by atoms with van der Waals surface area (Å²) in [6.07, 6.45) is 2.46. The molecule has 1 aliphatic heterocycles. The van der Waals surface area contributed by atoms with Crippen molar-refractivity contribution in [1.29, 1.82) is 0 Å². The lowest BCUT2D eigenvalue weighted by Crippen LogP contribution is -2.37. The first kappa shape index (κ1) is 23.3. The molecule has 0 atom stereocenters. The van der Waals surface area contributed by atoms with Crippen molar-refractivity contribution < 1.29 is 19.4 Å². The van der Waals surface area contributed by atoms with E-state index in [1.165, 1.54) is 30.9 Å². The second-order valence-electron chi connectivity index (χ2n) is 7.89. The van der Waals surface area contributed by atoms with Gasteiger partial charge in [-0.2, -0.15) is 0 Å². The minimum absolute atomic E-state index is 0.0223. The Hall–Kier alpha value is -3.82. The summed E-state index contributed by atoms with van der Waals surface area (Å²) >= 11 is 0. The summed E-state index contributed by atoms with van der Waals surface area (Å²) in [7, 11) is 1.54. The Morgan fingerprint density at radius 1 is 1.09 bits per heavy atom. The van der Waals surface area contributed by atoms with Crippen molar-refractivity contribution in [2.45, 2.75) is 6.42 Å². The molecule has 0 radical (unpaired) electrons. The van der Waals surface area contributed by atoms with E-state index >= 15 is 0 Å². The van der Waals surface area contributed by atoms with Gasteiger partial charge in [0.1, 0.15) is 22.9 Å². The van der Waals surface area contributed by atoms with E-state index in [4.69, 9.17) is 9.47 Å². The van der Waals surface area contributed by atoms with Crippen LogP contribution < -0.4 is 20.9 Å². The Labute approximate surface area is 198 Å². The Balaban J connectivity index is 1.33. The van der Waals surface area contributed by atoms with E-state index < -0.39 is 0 Å². The van der Waals surface area contributed by atoms with Crippen molar-refractivity contribution in [2.24, 2.45) is 0 Å². The van der Waals surface area contributed by atoms with E-state index in [9.17, 15) is 9.90 Å². The van der Waals surface area contributed by atoms with Crippen LogP contribution in [0.3, 0.4) is 0 Å². The monoisotopic (exact) mass is 463 g/mol. The highest BCUT2D eigenvalue weighted by Gasteiger charge is 2.11. The summed E-state index contributed by atoms with van der Waals surface area (Å²) in [5.41, 5.74) is 9.07. The van der Waals surface area contributed by atoms with Crippen molar-refractivity contribution in [3.63, 3.8) is 0 Å². The van der Waals surface area contributed by atoms with Gasteiger partial charge in [-0.1, -0.05) is 12.1 Å². The number of benzene rings is 2. The molecular weight excluding hydrogens is 434 g/mol. The number of amides is 1. The van der Waals surface area contributed by atoms with Crippen LogP contribution in [0.15, 0.2) is 60.8 Å². The Morgan fingerprint density at radius 3 is 2.71 bits per heavy atom. The predicted molar refractivity (Wildman–Crippen MR) is 130 cm³/mol. The third-order valence-corrected chi connectivity index (χ3v) is 5.48. The normalized spacial score (nSPS) is 13.8. The zero-order valence-electron chi connectivity index (χ0n) is 19.1. The molecule has 0 aliphatic carbocycles. The molecule has 0 bridgehead atoms. The van der Waals surface area contributed by atoms with Gasteiger partial charge in [-0.05, 0) is 42.3 Å². The van der Waals surface area contributed by atoms with Gasteiger partial charge in [0, 0.05) is 45.0 Å². The van der Waals surface area contributed by atoms with E-state index in [-0.39, 0.29) is 17.4 Å². The van der Waals surface area contributed by atoms with Crippen LogP contribution in [0, 0.1) is 0 Å². The maximum Gasteiger partial charge on any atom is 0.269 e. The Bertz CT molecular complexity index is 1120. The molecule has 9 heteroatoms. The van der Waals surface area contributed by atoms with Gasteiger partial charge in [-0.25, -0.2) is 0 Å². The average molecular weight is 464 g/mol. The van der Waals surface area contributed by atoms with Crippen LogP contribution in [0.5, 0.6) is 17.2 Å². The van der Waals surface area contributed by atoms with Crippen LogP contribution in [0.1, 0.15) is 16.1 Å². The number of aromatic hydroxyl groups is 1. The number of carbonyl (C=O) groups excluding carboxylic acids is 1. The van der Waals surface area contributed by atoms with E-state index in [0.717, 1.165) is 45.0 Å². The number of carbonyl (C=O) groups is 1. The van der Waals surface area contributed by atoms with Crippen LogP contribution in [0.4, 0.5) is 11.4 Å². The first-order valence-corrected chi connectivity index (χ1v) is 11.2. The van der Waals surface area contributed by atoms with Gasteiger partial charge in [-0.3, -0.25) is 20.1 Å². The van der Waals surface area contributed by atoms with Gasteiger partial charge in [0.05, 0.1) is 24.6 Å². The number of anilines is 2. The van der Waals surface area contributed by atoms with E-state index in [1.807, 2.05) is 12.1 Å². The van der Waals surface area contributed by atoms with Crippen molar-refractivity contribution in [3.8, 4) is 17.2 Å². The molecule has 1 amide bonds. The third-order valence-electron chi connectivity index (χ3n) is 5.48. The van der Waals surface area contributed by atoms with Gasteiger partial charge in [0.2, 0.25) is 0 Å². The molecule has 178 valence electrons. The fourth-order valence-corrected chi connectivity index (χ4v) is 3.60. The van der Waals surface area contributed by atoms with Crippen molar-refractivity contribution in [1.82, 2.24) is 15.2 Å². The lowest BCUT2D eigenvalue weighted by molar-refractivity contribution is 0.0384. The summed E-state index contributed by atoms with van der Waals surface area (Å²) in [6.45, 7) is 4.57. The number of nitrogens with one attached hydrogen (secondary N) is 3. The smallest absolute Gasteiger partial charge is 0.269 e. The first-order chi connectivity index (χ1) is 16.6. The van der Waals surface area contributed by atoms with Gasteiger partial charge in [0.15, 0.2) is 0 Å². The molecule has 2 aromatic carbocycles. The summed E-state index contributed by atoms with van der Waals surface area (Å²) in [6, 6.07) is 16.3. The standard InChI is InChI=1S/C25H29N5O4/c1-26-25(32)23-16-21(7-9-27-23)34-20-5-6-22(24(31)17-20)29-28-19-4-2-3-18(15-19)8-10-30-11-13-33-14-12-30/h2-7,9,15-17,28-29,31H,8,10-14H2,1H3,(H,26,32). The Morgan fingerprint density at radius 2 is 1.91 bits per heavy atom. The Kier molecular flexibility index (Phi) is 7.79. The van der Waals surface area contributed by atoms with Crippen LogP contribution in [0.25, 0.3) is 0 Å². The number of ether oxygens (including phenoxy) is 2. The maximum atomic E-state index is 11.7. The largest absolute Gasteiger partial charge is 0.506 e. The summed E-state index contributed by atoms with van der Waals surface area (Å²) in [4.78, 5) is 18.2. The zero-order chi connectivity index (χ0) is 23.8. The van der Waals surface area contributed by atoms with E-state index in [1.54, 1.807) is 18.2 Å². The zero-order valence-corrected chi connectivity index (χ0v) is 19.1. The first-order valence-electron chi connectivity index (χ1n) is 11.2. The summed E-state index contributed by atoms with van der Waals surface area (Å²) in [5.74, 6) is 0.598. The maximum absolute atomic E-state index is 11.7. The highest BCUT2D eigenvalue weighted by molar-refractivity contribution is 5.92. The molecule has 3 aromatic rings. The molecule has 4 N–H and O–H groups in total.